The molecule has 0 heterocycles. The second-order valence-electron chi connectivity index (χ2n) is 1.02. The van der Waals surface area contributed by atoms with Crippen LogP contribution in [-0.4, -0.2) is 12.1 Å². The van der Waals surface area contributed by atoms with Crippen LogP contribution in [0.4, 0.5) is 0 Å². The SMILES string of the molecule is NOC(=O)C(N)NI. The van der Waals surface area contributed by atoms with Crippen molar-refractivity contribution < 1.29 is 9.63 Å². The lowest BCUT2D eigenvalue weighted by atomic mass is 10.6. The predicted octanol–water partition coefficient (Wildman–Crippen LogP) is -1.37. The summed E-state index contributed by atoms with van der Waals surface area (Å²) in [4.78, 5) is 14.0. The highest BCUT2D eigenvalue weighted by molar-refractivity contribution is 14.1. The third-order valence-electron chi connectivity index (χ3n) is 0.488. The van der Waals surface area contributed by atoms with Crippen LogP contribution in [-0.2, 0) is 9.63 Å². The van der Waals surface area contributed by atoms with Gasteiger partial charge in [-0.25, -0.2) is 8.32 Å². The molecule has 1 atom stereocenters. The summed E-state index contributed by atoms with van der Waals surface area (Å²) in [6, 6.07) is 0. The Morgan fingerprint density at radius 2 is 2.38 bits per heavy atom. The van der Waals surface area contributed by atoms with Crippen molar-refractivity contribution in [3.05, 3.63) is 0 Å². The average Bonchev–Trinajstić information content (AvgIpc) is 1.84. The first kappa shape index (κ1) is 8.08. The Balaban J connectivity index is 3.46. The zero-order valence-electron chi connectivity index (χ0n) is 3.93. The first-order chi connectivity index (χ1) is 3.72. The number of nitrogens with two attached hydrogens (primary N) is 2. The van der Waals surface area contributed by atoms with Crippen LogP contribution in [0.1, 0.15) is 0 Å². The van der Waals surface area contributed by atoms with Gasteiger partial charge in [0.25, 0.3) is 0 Å². The van der Waals surface area contributed by atoms with Crippen LogP contribution in [0.2, 0.25) is 0 Å². The van der Waals surface area contributed by atoms with Gasteiger partial charge in [-0.15, -0.1) is 0 Å². The fourth-order valence-electron chi connectivity index (χ4n) is 0.118. The Kier molecular flexibility index (Phi) is 4.05. The van der Waals surface area contributed by atoms with Crippen molar-refractivity contribution in [1.82, 2.24) is 3.53 Å². The molecule has 0 aromatic heterocycles. The number of halogens is 1. The zero-order chi connectivity index (χ0) is 6.57. The Labute approximate surface area is 60.2 Å². The van der Waals surface area contributed by atoms with Gasteiger partial charge >= 0.3 is 5.97 Å². The molecule has 0 aliphatic heterocycles. The van der Waals surface area contributed by atoms with Crippen molar-refractivity contribution >= 4 is 28.8 Å². The number of nitrogens with one attached hydrogen (secondary N) is 1. The second kappa shape index (κ2) is 4.01. The van der Waals surface area contributed by atoms with Gasteiger partial charge in [0.05, 0.1) is 0 Å². The molecular formula is C2H6IN3O2. The van der Waals surface area contributed by atoms with Crippen LogP contribution in [0.3, 0.4) is 0 Å². The lowest BCUT2D eigenvalue weighted by molar-refractivity contribution is -0.145. The molecule has 8 heavy (non-hydrogen) atoms. The van der Waals surface area contributed by atoms with E-state index in [2.05, 4.69) is 14.3 Å². The molecule has 0 amide bonds. The second-order valence-corrected chi connectivity index (χ2v) is 1.65. The van der Waals surface area contributed by atoms with E-state index in [1.54, 1.807) is 22.9 Å². The number of hydrogen-bond acceptors (Lipinski definition) is 5. The number of carbonyl (C=O) groups excluding carboxylic acids is 1. The number of hydrogen-bond donors (Lipinski definition) is 3. The molecule has 0 saturated heterocycles. The van der Waals surface area contributed by atoms with Gasteiger partial charge in [0.15, 0.2) is 6.17 Å². The number of carbonyl (C=O) groups is 1. The average molecular weight is 231 g/mol. The van der Waals surface area contributed by atoms with Crippen molar-refractivity contribution in [2.75, 3.05) is 0 Å². The Morgan fingerprint density at radius 1 is 1.88 bits per heavy atom. The van der Waals surface area contributed by atoms with Crippen LogP contribution in [0.15, 0.2) is 0 Å². The predicted molar refractivity (Wildman–Crippen MR) is 35.4 cm³/mol. The van der Waals surface area contributed by atoms with E-state index in [1.165, 1.54) is 0 Å². The van der Waals surface area contributed by atoms with Crippen LogP contribution in [0.25, 0.3) is 0 Å². The molecule has 0 aromatic rings. The van der Waals surface area contributed by atoms with Crippen molar-refractivity contribution in [3.8, 4) is 0 Å². The molecule has 0 saturated carbocycles. The van der Waals surface area contributed by atoms with Crippen molar-refractivity contribution in [2.24, 2.45) is 11.6 Å². The summed E-state index contributed by atoms with van der Waals surface area (Å²) in [5.41, 5.74) is 5.05. The molecule has 48 valence electrons. The first-order valence-electron chi connectivity index (χ1n) is 1.74. The molecule has 0 aliphatic carbocycles. The monoisotopic (exact) mass is 231 g/mol. The van der Waals surface area contributed by atoms with Crippen molar-refractivity contribution in [2.45, 2.75) is 6.17 Å². The number of rotatable bonds is 2. The topological polar surface area (TPSA) is 90.4 Å². The Hall–Kier alpha value is 0.0800. The summed E-state index contributed by atoms with van der Waals surface area (Å²) in [5.74, 6) is 3.79. The lowest BCUT2D eigenvalue weighted by Gasteiger charge is -2.02. The van der Waals surface area contributed by atoms with Gasteiger partial charge in [-0.1, -0.05) is 0 Å². The highest BCUT2D eigenvalue weighted by Gasteiger charge is 2.10. The summed E-state index contributed by atoms with van der Waals surface area (Å²) < 4.78 is 2.41. The molecule has 0 fully saturated rings. The van der Waals surface area contributed by atoms with E-state index >= 15 is 0 Å². The molecule has 5 N–H and O–H groups in total. The van der Waals surface area contributed by atoms with Gasteiger partial charge in [0.1, 0.15) is 0 Å². The van der Waals surface area contributed by atoms with E-state index in [4.69, 9.17) is 5.73 Å². The maximum Gasteiger partial charge on any atom is 0.357 e. The van der Waals surface area contributed by atoms with Gasteiger partial charge in [-0.3, -0.25) is 0 Å². The molecule has 0 aliphatic rings. The summed E-state index contributed by atoms with van der Waals surface area (Å²) in [5, 5.41) is 0. The van der Waals surface area contributed by atoms with E-state index in [0.29, 0.717) is 0 Å². The standard InChI is InChI=1S/C2H6IN3O2/c3-6-1(4)2(7)8-5/h1,6H,4-5H2. The third-order valence-corrected chi connectivity index (χ3v) is 1.16. The molecule has 5 nitrogen and oxygen atoms in total. The van der Waals surface area contributed by atoms with E-state index in [0.717, 1.165) is 0 Å². The van der Waals surface area contributed by atoms with Crippen LogP contribution in [0.5, 0.6) is 0 Å². The lowest BCUT2D eigenvalue weighted by Crippen LogP contribution is -2.41. The molecular weight excluding hydrogens is 225 g/mol. The normalized spacial score (nSPS) is 12.9. The summed E-state index contributed by atoms with van der Waals surface area (Å²) in [7, 11) is 0. The highest BCUT2D eigenvalue weighted by Crippen LogP contribution is 1.78. The minimum Gasteiger partial charge on any atom is -0.371 e. The van der Waals surface area contributed by atoms with Crippen molar-refractivity contribution in [3.63, 3.8) is 0 Å². The smallest absolute Gasteiger partial charge is 0.357 e. The molecule has 1 unspecified atom stereocenters. The van der Waals surface area contributed by atoms with E-state index in [9.17, 15) is 4.79 Å². The zero-order valence-corrected chi connectivity index (χ0v) is 6.08. The van der Waals surface area contributed by atoms with Gasteiger partial charge in [0.2, 0.25) is 0 Å². The molecule has 0 spiro atoms. The third kappa shape index (κ3) is 2.40. The van der Waals surface area contributed by atoms with Gasteiger partial charge in [0, 0.05) is 22.9 Å². The van der Waals surface area contributed by atoms with Gasteiger partial charge in [-0.05, 0) is 0 Å². The quantitative estimate of drug-likeness (QED) is 0.236. The van der Waals surface area contributed by atoms with Crippen molar-refractivity contribution in [1.29, 1.82) is 0 Å². The maximum atomic E-state index is 10.2. The minimum absolute atomic E-state index is 0.681. The van der Waals surface area contributed by atoms with Crippen LogP contribution >= 0.6 is 22.9 Å². The maximum absolute atomic E-state index is 10.2. The molecule has 6 heteroatoms. The molecule has 0 rings (SSSR count). The fourth-order valence-corrected chi connectivity index (χ4v) is 0.372. The molecule has 0 aromatic carbocycles. The van der Waals surface area contributed by atoms with Crippen LogP contribution in [0, 0.1) is 0 Å². The van der Waals surface area contributed by atoms with Crippen LogP contribution < -0.4 is 15.2 Å². The van der Waals surface area contributed by atoms with E-state index in [1.807, 2.05) is 0 Å². The first-order valence-corrected chi connectivity index (χ1v) is 2.82. The molecule has 0 bridgehead atoms. The summed E-state index contributed by atoms with van der Waals surface area (Å²) >= 11 is 1.72. The van der Waals surface area contributed by atoms with Gasteiger partial charge < -0.3 is 10.6 Å². The van der Waals surface area contributed by atoms with E-state index in [-0.39, 0.29) is 0 Å². The minimum atomic E-state index is -0.833. The summed E-state index contributed by atoms with van der Waals surface area (Å²) in [6.45, 7) is 0. The molecule has 0 radical (unpaired) electrons. The largest absolute Gasteiger partial charge is 0.371 e. The van der Waals surface area contributed by atoms with Gasteiger partial charge in [-0.2, -0.15) is 5.90 Å². The Morgan fingerprint density at radius 3 is 2.50 bits per heavy atom. The van der Waals surface area contributed by atoms with E-state index < -0.39 is 12.1 Å². The summed E-state index contributed by atoms with van der Waals surface area (Å²) in [6.07, 6.45) is -0.833. The fraction of sp³-hybridized carbons (Fsp3) is 0.500. The Bertz CT molecular complexity index is 87.4. The highest BCUT2D eigenvalue weighted by atomic mass is 127.